The maximum atomic E-state index is 12.7. The van der Waals surface area contributed by atoms with Crippen molar-refractivity contribution in [1.29, 1.82) is 0 Å². The van der Waals surface area contributed by atoms with Gasteiger partial charge in [-0.15, -0.1) is 22.7 Å². The maximum Gasteiger partial charge on any atom is 0.252 e. The minimum atomic E-state index is -0.576. The normalized spacial score (nSPS) is 10.8. The van der Waals surface area contributed by atoms with Crippen molar-refractivity contribution in [2.24, 2.45) is 5.73 Å². The molecular formula is C23H18ClN3O2S2. The highest BCUT2D eigenvalue weighted by molar-refractivity contribution is 7.17. The fourth-order valence-electron chi connectivity index (χ4n) is 3.30. The Balaban J connectivity index is 1.56. The summed E-state index contributed by atoms with van der Waals surface area (Å²) in [5.74, 6) is -0.840. The molecule has 0 spiro atoms. The fraction of sp³-hybridized carbons (Fsp3) is 0.0870. The summed E-state index contributed by atoms with van der Waals surface area (Å²) in [7, 11) is 0. The molecule has 0 unspecified atom stereocenters. The third-order valence-electron chi connectivity index (χ3n) is 4.64. The van der Waals surface area contributed by atoms with E-state index in [1.165, 1.54) is 22.7 Å². The monoisotopic (exact) mass is 467 g/mol. The quantitative estimate of drug-likeness (QED) is 0.377. The van der Waals surface area contributed by atoms with E-state index >= 15 is 0 Å². The van der Waals surface area contributed by atoms with Crippen molar-refractivity contribution in [2.45, 2.75) is 13.3 Å². The summed E-state index contributed by atoms with van der Waals surface area (Å²) in [5, 5.41) is 6.51. The third-order valence-corrected chi connectivity index (χ3v) is 6.92. The molecule has 4 rings (SSSR count). The van der Waals surface area contributed by atoms with Gasteiger partial charge in [0.25, 0.3) is 5.91 Å². The lowest BCUT2D eigenvalue weighted by Gasteiger charge is -2.06. The Kier molecular flexibility index (Phi) is 6.18. The molecule has 5 nitrogen and oxygen atoms in total. The van der Waals surface area contributed by atoms with Crippen LogP contribution in [-0.2, 0) is 11.2 Å². The summed E-state index contributed by atoms with van der Waals surface area (Å²) in [6.45, 7) is 1.91. The van der Waals surface area contributed by atoms with Gasteiger partial charge in [-0.25, -0.2) is 4.98 Å². The Morgan fingerprint density at radius 1 is 1.10 bits per heavy atom. The van der Waals surface area contributed by atoms with Crippen LogP contribution in [0.15, 0.2) is 60.0 Å². The molecule has 2 amide bonds. The van der Waals surface area contributed by atoms with Crippen molar-refractivity contribution in [3.05, 3.63) is 81.1 Å². The Labute approximate surface area is 192 Å². The molecule has 2 aromatic heterocycles. The van der Waals surface area contributed by atoms with Crippen molar-refractivity contribution in [3.63, 3.8) is 0 Å². The minimum absolute atomic E-state index is 0.0801. The third kappa shape index (κ3) is 4.54. The molecule has 4 aromatic rings. The minimum Gasteiger partial charge on any atom is -0.365 e. The van der Waals surface area contributed by atoms with Crippen LogP contribution in [0.5, 0.6) is 0 Å². The fourth-order valence-corrected chi connectivity index (χ4v) is 5.54. The Bertz CT molecular complexity index is 1270. The molecule has 2 aromatic carbocycles. The number of carbonyl (C=O) groups is 2. The second-order valence-corrected chi connectivity index (χ2v) is 9.31. The molecule has 31 heavy (non-hydrogen) atoms. The van der Waals surface area contributed by atoms with Crippen LogP contribution in [0.25, 0.3) is 21.7 Å². The van der Waals surface area contributed by atoms with Crippen LogP contribution in [0.1, 0.15) is 20.9 Å². The van der Waals surface area contributed by atoms with E-state index < -0.39 is 5.91 Å². The van der Waals surface area contributed by atoms with Crippen molar-refractivity contribution in [2.75, 3.05) is 5.32 Å². The second-order valence-electron chi connectivity index (χ2n) is 6.82. The highest BCUT2D eigenvalue weighted by atomic mass is 35.5. The number of amides is 2. The second kappa shape index (κ2) is 9.01. The van der Waals surface area contributed by atoms with Gasteiger partial charge >= 0.3 is 0 Å². The summed E-state index contributed by atoms with van der Waals surface area (Å²) >= 11 is 9.01. The van der Waals surface area contributed by atoms with E-state index in [4.69, 9.17) is 17.3 Å². The van der Waals surface area contributed by atoms with Crippen LogP contribution >= 0.6 is 34.3 Å². The number of hydrogen-bond donors (Lipinski definition) is 2. The largest absolute Gasteiger partial charge is 0.365 e. The number of benzene rings is 2. The molecule has 0 radical (unpaired) electrons. The van der Waals surface area contributed by atoms with E-state index in [9.17, 15) is 9.59 Å². The summed E-state index contributed by atoms with van der Waals surface area (Å²) in [4.78, 5) is 30.4. The van der Waals surface area contributed by atoms with Crippen molar-refractivity contribution in [1.82, 2.24) is 4.98 Å². The predicted octanol–water partition coefficient (Wildman–Crippen LogP) is 5.78. The molecule has 8 heteroatoms. The zero-order valence-corrected chi connectivity index (χ0v) is 18.9. The number of hydrogen-bond acceptors (Lipinski definition) is 5. The Morgan fingerprint density at radius 3 is 2.52 bits per heavy atom. The zero-order chi connectivity index (χ0) is 22.0. The highest BCUT2D eigenvalue weighted by Crippen LogP contribution is 2.39. The molecular weight excluding hydrogens is 450 g/mol. The molecule has 0 fully saturated rings. The number of carbonyl (C=O) groups excluding carboxylic acids is 2. The van der Waals surface area contributed by atoms with Crippen molar-refractivity contribution in [3.8, 4) is 21.7 Å². The molecule has 0 aliphatic carbocycles. The van der Waals surface area contributed by atoms with Gasteiger partial charge in [0.2, 0.25) is 5.91 Å². The summed E-state index contributed by atoms with van der Waals surface area (Å²) in [5.41, 5.74) is 9.10. The SMILES string of the molecule is Cc1sc(NC(=O)Cc2csc(-c3ccccc3Cl)n2)c(C(N)=O)c1-c1ccccc1. The number of nitrogens with two attached hydrogens (primary N) is 1. The van der Waals surface area contributed by atoms with E-state index in [2.05, 4.69) is 10.3 Å². The van der Waals surface area contributed by atoms with Crippen molar-refractivity contribution < 1.29 is 9.59 Å². The number of halogens is 1. The van der Waals surface area contributed by atoms with Crippen LogP contribution in [0, 0.1) is 6.92 Å². The predicted molar refractivity (Wildman–Crippen MR) is 128 cm³/mol. The lowest BCUT2D eigenvalue weighted by Crippen LogP contribution is -2.18. The molecule has 0 aliphatic rings. The van der Waals surface area contributed by atoms with Gasteiger partial charge in [-0.3, -0.25) is 9.59 Å². The number of aryl methyl sites for hydroxylation is 1. The molecule has 0 atom stereocenters. The number of nitrogens with one attached hydrogen (secondary N) is 1. The first kappa shape index (κ1) is 21.2. The van der Waals surface area contributed by atoms with Crippen molar-refractivity contribution >= 4 is 51.1 Å². The van der Waals surface area contributed by atoms with Crippen LogP contribution < -0.4 is 11.1 Å². The lowest BCUT2D eigenvalue weighted by molar-refractivity contribution is -0.115. The number of thiazole rings is 1. The summed E-state index contributed by atoms with van der Waals surface area (Å²) in [6.07, 6.45) is 0.0801. The first-order valence-corrected chi connectivity index (χ1v) is 11.5. The Hall–Kier alpha value is -3.00. The topological polar surface area (TPSA) is 85.1 Å². The number of thiophene rings is 1. The van der Waals surface area contributed by atoms with E-state index in [1.54, 1.807) is 6.07 Å². The number of anilines is 1. The van der Waals surface area contributed by atoms with Gasteiger partial charge in [-0.1, -0.05) is 60.1 Å². The van der Waals surface area contributed by atoms with E-state index in [1.807, 2.05) is 60.8 Å². The van der Waals surface area contributed by atoms with E-state index in [0.29, 0.717) is 21.3 Å². The van der Waals surface area contributed by atoms with Gasteiger partial charge in [-0.2, -0.15) is 0 Å². The first-order chi connectivity index (χ1) is 14.9. The standard InChI is InChI=1S/C23H18ClN3O2S2/c1-13-19(14-7-3-2-4-8-14)20(21(25)29)23(31-13)27-18(28)11-15-12-30-22(26-15)16-9-5-6-10-17(16)24/h2-10,12H,11H2,1H3,(H2,25,29)(H,27,28). The molecule has 156 valence electrons. The Morgan fingerprint density at radius 2 is 1.81 bits per heavy atom. The van der Waals surface area contributed by atoms with Gasteiger partial charge in [0.1, 0.15) is 10.0 Å². The zero-order valence-electron chi connectivity index (χ0n) is 16.5. The van der Waals surface area contributed by atoms with Crippen LogP contribution in [0.4, 0.5) is 5.00 Å². The van der Waals surface area contributed by atoms with E-state index in [0.717, 1.165) is 26.6 Å². The molecule has 0 saturated carbocycles. The maximum absolute atomic E-state index is 12.7. The first-order valence-electron chi connectivity index (χ1n) is 9.42. The number of rotatable bonds is 6. The average molecular weight is 468 g/mol. The van der Waals surface area contributed by atoms with Gasteiger partial charge < -0.3 is 11.1 Å². The highest BCUT2D eigenvalue weighted by Gasteiger charge is 2.23. The van der Waals surface area contributed by atoms with Gasteiger partial charge in [0.15, 0.2) is 0 Å². The smallest absolute Gasteiger partial charge is 0.252 e. The molecule has 0 aliphatic heterocycles. The van der Waals surface area contributed by atoms with Gasteiger partial charge in [-0.05, 0) is 18.6 Å². The molecule has 3 N–H and O–H groups in total. The number of nitrogens with zero attached hydrogens (tertiary/aromatic N) is 1. The average Bonchev–Trinajstić information content (AvgIpc) is 3.33. The number of aromatic nitrogens is 1. The van der Waals surface area contributed by atoms with Gasteiger partial charge in [0, 0.05) is 21.4 Å². The van der Waals surface area contributed by atoms with Gasteiger partial charge in [0.05, 0.1) is 22.7 Å². The summed E-state index contributed by atoms with van der Waals surface area (Å²) < 4.78 is 0. The van der Waals surface area contributed by atoms with E-state index in [-0.39, 0.29) is 12.3 Å². The van der Waals surface area contributed by atoms with Crippen LogP contribution in [-0.4, -0.2) is 16.8 Å². The molecule has 0 bridgehead atoms. The molecule has 0 saturated heterocycles. The van der Waals surface area contributed by atoms with Crippen LogP contribution in [0.3, 0.4) is 0 Å². The summed E-state index contributed by atoms with van der Waals surface area (Å²) in [6, 6.07) is 17.0. The number of primary amides is 1. The van der Waals surface area contributed by atoms with Crippen LogP contribution in [0.2, 0.25) is 5.02 Å². The lowest BCUT2D eigenvalue weighted by atomic mass is 10.0. The molecule has 2 heterocycles.